The maximum Gasteiger partial charge on any atom is 0.163 e. The fourth-order valence-corrected chi connectivity index (χ4v) is 2.32. The van der Waals surface area contributed by atoms with Crippen molar-refractivity contribution in [2.45, 2.75) is 45.0 Å². The van der Waals surface area contributed by atoms with Crippen LogP contribution in [0.3, 0.4) is 0 Å². The van der Waals surface area contributed by atoms with E-state index in [1.54, 1.807) is 0 Å². The summed E-state index contributed by atoms with van der Waals surface area (Å²) in [6, 6.07) is 8.11. The van der Waals surface area contributed by atoms with Crippen LogP contribution in [0.5, 0.6) is 0 Å². The lowest BCUT2D eigenvalue weighted by Gasteiger charge is -2.27. The second-order valence-electron chi connectivity index (χ2n) is 5.95. The van der Waals surface area contributed by atoms with Gasteiger partial charge in [-0.25, -0.2) is 0 Å². The molecule has 1 saturated heterocycles. The Hall–Kier alpha value is -0.900. The maximum absolute atomic E-state index is 9.55. The first-order valence-corrected chi connectivity index (χ1v) is 6.38. The number of hydrogen-bond donors (Lipinski definition) is 1. The number of hydrogen-bond acceptors (Lipinski definition) is 3. The topological polar surface area (TPSA) is 38.7 Å². The normalized spacial score (nSPS) is 23.3. The number of aliphatic hydroxyl groups excluding tert-OH is 1. The largest absolute Gasteiger partial charge is 0.395 e. The van der Waals surface area contributed by atoms with E-state index < -0.39 is 5.79 Å². The van der Waals surface area contributed by atoms with Crippen molar-refractivity contribution >= 4 is 0 Å². The van der Waals surface area contributed by atoms with Crippen molar-refractivity contribution in [3.63, 3.8) is 0 Å². The van der Waals surface area contributed by atoms with Crippen LogP contribution in [-0.2, 0) is 14.9 Å². The van der Waals surface area contributed by atoms with E-state index >= 15 is 0 Å². The van der Waals surface area contributed by atoms with Crippen LogP contribution in [0.25, 0.3) is 0 Å². The van der Waals surface area contributed by atoms with Crippen LogP contribution in [0, 0.1) is 0 Å². The molecule has 3 nitrogen and oxygen atoms in total. The van der Waals surface area contributed by atoms with E-state index in [0.717, 1.165) is 11.1 Å². The van der Waals surface area contributed by atoms with Gasteiger partial charge in [-0.15, -0.1) is 0 Å². The fraction of sp³-hybridized carbons (Fsp3) is 0.600. The van der Waals surface area contributed by atoms with E-state index in [9.17, 15) is 5.11 Å². The summed E-state index contributed by atoms with van der Waals surface area (Å²) in [6.07, 6.45) is -0.0537. The lowest BCUT2D eigenvalue weighted by Crippen LogP contribution is -2.25. The average Bonchev–Trinajstić information content (AvgIpc) is 2.70. The molecule has 18 heavy (non-hydrogen) atoms. The minimum absolute atomic E-state index is 0.0537. The van der Waals surface area contributed by atoms with Crippen LogP contribution in [0.4, 0.5) is 0 Å². The summed E-state index contributed by atoms with van der Waals surface area (Å²) >= 11 is 0. The second-order valence-corrected chi connectivity index (χ2v) is 5.95. The predicted octanol–water partition coefficient (Wildman–Crippen LogP) is 2.78. The standard InChI is InChI=1S/C15H22O3/c1-14(2,10-16)12-8-6-5-7-11(12)13-9-17-15(3,4)18-13/h5-8,13,16H,9-10H2,1-4H3. The highest BCUT2D eigenvalue weighted by atomic mass is 16.7. The highest BCUT2D eigenvalue weighted by Crippen LogP contribution is 2.37. The van der Waals surface area contributed by atoms with Gasteiger partial charge in [0.15, 0.2) is 5.79 Å². The van der Waals surface area contributed by atoms with Gasteiger partial charge in [0.2, 0.25) is 0 Å². The minimum Gasteiger partial charge on any atom is -0.395 e. The van der Waals surface area contributed by atoms with Crippen LogP contribution in [0.2, 0.25) is 0 Å². The van der Waals surface area contributed by atoms with E-state index in [1.165, 1.54) is 0 Å². The maximum atomic E-state index is 9.55. The monoisotopic (exact) mass is 250 g/mol. The van der Waals surface area contributed by atoms with Gasteiger partial charge in [-0.05, 0) is 25.0 Å². The van der Waals surface area contributed by atoms with E-state index in [1.807, 2.05) is 39.8 Å². The molecule has 1 heterocycles. The summed E-state index contributed by atoms with van der Waals surface area (Å²) in [5, 5.41) is 9.55. The van der Waals surface area contributed by atoms with Crippen molar-refractivity contribution in [1.29, 1.82) is 0 Å². The Kier molecular flexibility index (Phi) is 3.49. The SMILES string of the molecule is CC1(C)OCC(c2ccccc2C(C)(C)CO)O1. The first-order chi connectivity index (χ1) is 8.36. The van der Waals surface area contributed by atoms with Gasteiger partial charge in [0.05, 0.1) is 13.2 Å². The van der Waals surface area contributed by atoms with Crippen LogP contribution in [0.15, 0.2) is 24.3 Å². The highest BCUT2D eigenvalue weighted by molar-refractivity contribution is 5.35. The van der Waals surface area contributed by atoms with Gasteiger partial charge in [0.1, 0.15) is 6.10 Å². The zero-order valence-corrected chi connectivity index (χ0v) is 11.6. The summed E-state index contributed by atoms with van der Waals surface area (Å²) in [4.78, 5) is 0. The van der Waals surface area contributed by atoms with Crippen molar-refractivity contribution in [2.75, 3.05) is 13.2 Å². The van der Waals surface area contributed by atoms with Gasteiger partial charge in [0.25, 0.3) is 0 Å². The zero-order chi connectivity index (χ0) is 13.4. The average molecular weight is 250 g/mol. The second kappa shape index (κ2) is 4.65. The molecular weight excluding hydrogens is 228 g/mol. The number of ether oxygens (including phenoxy) is 2. The molecule has 0 saturated carbocycles. The molecule has 1 aliphatic heterocycles. The molecule has 0 bridgehead atoms. The molecule has 100 valence electrons. The molecule has 1 aliphatic rings. The molecule has 3 heteroatoms. The molecule has 2 rings (SSSR count). The van der Waals surface area contributed by atoms with Gasteiger partial charge < -0.3 is 14.6 Å². The molecule has 0 amide bonds. The molecule has 1 N–H and O–H groups in total. The van der Waals surface area contributed by atoms with Crippen molar-refractivity contribution in [3.8, 4) is 0 Å². The number of aliphatic hydroxyl groups is 1. The van der Waals surface area contributed by atoms with Crippen LogP contribution in [0.1, 0.15) is 44.9 Å². The predicted molar refractivity (Wildman–Crippen MR) is 70.4 cm³/mol. The summed E-state index contributed by atoms with van der Waals surface area (Å²) in [5.74, 6) is -0.527. The Labute approximate surface area is 109 Å². The molecule has 0 spiro atoms. The van der Waals surface area contributed by atoms with Crippen molar-refractivity contribution < 1.29 is 14.6 Å². The van der Waals surface area contributed by atoms with E-state index in [4.69, 9.17) is 9.47 Å². The lowest BCUT2D eigenvalue weighted by atomic mass is 9.81. The van der Waals surface area contributed by atoms with E-state index in [2.05, 4.69) is 12.1 Å². The van der Waals surface area contributed by atoms with Gasteiger partial charge in [-0.3, -0.25) is 0 Å². The first kappa shape index (κ1) is 13.5. The van der Waals surface area contributed by atoms with Gasteiger partial charge in [-0.1, -0.05) is 38.1 Å². The quantitative estimate of drug-likeness (QED) is 0.896. The highest BCUT2D eigenvalue weighted by Gasteiger charge is 2.36. The van der Waals surface area contributed by atoms with E-state index in [0.29, 0.717) is 6.61 Å². The minimum atomic E-state index is -0.527. The molecule has 1 atom stereocenters. The number of benzene rings is 1. The van der Waals surface area contributed by atoms with Crippen LogP contribution in [-0.4, -0.2) is 24.1 Å². The first-order valence-electron chi connectivity index (χ1n) is 6.38. The van der Waals surface area contributed by atoms with Crippen molar-refractivity contribution in [1.82, 2.24) is 0 Å². The molecule has 1 aromatic carbocycles. The third-order valence-electron chi connectivity index (χ3n) is 3.44. The molecular formula is C15H22O3. The Morgan fingerprint density at radius 1 is 1.33 bits per heavy atom. The van der Waals surface area contributed by atoms with Crippen molar-refractivity contribution in [3.05, 3.63) is 35.4 Å². The van der Waals surface area contributed by atoms with Gasteiger partial charge in [-0.2, -0.15) is 0 Å². The Bertz CT molecular complexity index is 424. The molecule has 1 aromatic rings. The summed E-state index contributed by atoms with van der Waals surface area (Å²) in [6.45, 7) is 8.59. The number of rotatable bonds is 3. The summed E-state index contributed by atoms with van der Waals surface area (Å²) < 4.78 is 11.5. The lowest BCUT2D eigenvalue weighted by molar-refractivity contribution is -0.139. The molecule has 0 radical (unpaired) electrons. The van der Waals surface area contributed by atoms with Gasteiger partial charge >= 0.3 is 0 Å². The summed E-state index contributed by atoms with van der Waals surface area (Å²) in [5.41, 5.74) is 1.97. The van der Waals surface area contributed by atoms with Crippen LogP contribution >= 0.6 is 0 Å². The van der Waals surface area contributed by atoms with Crippen LogP contribution < -0.4 is 0 Å². The molecule has 1 fully saturated rings. The van der Waals surface area contributed by atoms with Gasteiger partial charge in [0, 0.05) is 5.41 Å². The van der Waals surface area contributed by atoms with Crippen molar-refractivity contribution in [2.24, 2.45) is 0 Å². The Morgan fingerprint density at radius 3 is 2.56 bits per heavy atom. The fourth-order valence-electron chi connectivity index (χ4n) is 2.32. The Balaban J connectivity index is 2.35. The summed E-state index contributed by atoms with van der Waals surface area (Å²) in [7, 11) is 0. The van der Waals surface area contributed by atoms with E-state index in [-0.39, 0.29) is 18.1 Å². The molecule has 0 aromatic heterocycles. The Morgan fingerprint density at radius 2 is 2.00 bits per heavy atom. The molecule has 0 aliphatic carbocycles. The smallest absolute Gasteiger partial charge is 0.163 e. The third-order valence-corrected chi connectivity index (χ3v) is 3.44. The zero-order valence-electron chi connectivity index (χ0n) is 11.6. The third kappa shape index (κ3) is 2.58. The molecule has 1 unspecified atom stereocenters.